The molecule has 3 amide bonds. The van der Waals surface area contributed by atoms with Crippen molar-refractivity contribution < 1.29 is 19.5 Å². The molecule has 3 unspecified atom stereocenters. The molecular formula is C10H15N3O4. The molecule has 94 valence electrons. The predicted octanol–water partition coefficient (Wildman–Crippen LogP) is -1.01. The molecule has 1 aliphatic heterocycles. The van der Waals surface area contributed by atoms with Crippen LogP contribution < -0.4 is 10.6 Å². The van der Waals surface area contributed by atoms with Crippen LogP contribution in [-0.2, 0) is 9.59 Å². The van der Waals surface area contributed by atoms with Crippen LogP contribution in [0.4, 0.5) is 4.79 Å². The van der Waals surface area contributed by atoms with Crippen molar-refractivity contribution in [3.05, 3.63) is 0 Å². The van der Waals surface area contributed by atoms with Gasteiger partial charge in [-0.15, -0.1) is 0 Å². The lowest BCUT2D eigenvalue weighted by Gasteiger charge is -2.32. The van der Waals surface area contributed by atoms with Gasteiger partial charge in [0, 0.05) is 12.6 Å². The topological polar surface area (TPSA) is 98.7 Å². The van der Waals surface area contributed by atoms with E-state index in [0.29, 0.717) is 5.92 Å². The number of carbonyl (C=O) groups excluding carboxylic acids is 2. The Labute approximate surface area is 98.2 Å². The average molecular weight is 241 g/mol. The molecule has 17 heavy (non-hydrogen) atoms. The van der Waals surface area contributed by atoms with E-state index in [-0.39, 0.29) is 25.0 Å². The minimum atomic E-state index is -1.11. The maximum Gasteiger partial charge on any atom is 0.328 e. The number of hydrogen-bond donors (Lipinski definition) is 3. The van der Waals surface area contributed by atoms with Gasteiger partial charge in [0.2, 0.25) is 5.91 Å². The van der Waals surface area contributed by atoms with E-state index in [1.54, 1.807) is 0 Å². The number of rotatable bonds is 2. The molecule has 0 aromatic rings. The summed E-state index contributed by atoms with van der Waals surface area (Å²) in [6.45, 7) is 1.76. The summed E-state index contributed by atoms with van der Waals surface area (Å²) in [4.78, 5) is 35.1. The van der Waals surface area contributed by atoms with Crippen LogP contribution in [0.25, 0.3) is 0 Å². The number of carboxylic acids is 1. The van der Waals surface area contributed by atoms with Crippen LogP contribution >= 0.6 is 0 Å². The zero-order valence-corrected chi connectivity index (χ0v) is 9.47. The standard InChI is InChI=1S/C10H15N3O4/c1-5-2-6(5)12-10(17)13-4-8(14)11-3-7(13)9(15)16/h5-7H,2-4H2,1H3,(H,11,14)(H,12,17)(H,15,16). The summed E-state index contributed by atoms with van der Waals surface area (Å²) in [5.74, 6) is -1.01. The molecule has 0 aromatic carbocycles. The third-order valence-electron chi connectivity index (χ3n) is 3.15. The smallest absolute Gasteiger partial charge is 0.328 e. The highest BCUT2D eigenvalue weighted by Crippen LogP contribution is 2.29. The molecule has 3 N–H and O–H groups in total. The number of hydrogen-bond acceptors (Lipinski definition) is 3. The highest BCUT2D eigenvalue weighted by Gasteiger charge is 2.39. The van der Waals surface area contributed by atoms with Gasteiger partial charge in [-0.25, -0.2) is 9.59 Å². The van der Waals surface area contributed by atoms with Crippen LogP contribution in [0.15, 0.2) is 0 Å². The first-order chi connectivity index (χ1) is 7.99. The Balaban J connectivity index is 2.00. The van der Waals surface area contributed by atoms with E-state index < -0.39 is 18.0 Å². The second kappa shape index (κ2) is 4.23. The fourth-order valence-corrected chi connectivity index (χ4v) is 1.84. The Morgan fingerprint density at radius 3 is 2.71 bits per heavy atom. The van der Waals surface area contributed by atoms with Gasteiger partial charge in [-0.05, 0) is 12.3 Å². The van der Waals surface area contributed by atoms with Crippen molar-refractivity contribution >= 4 is 17.9 Å². The Bertz CT molecular complexity index is 371. The van der Waals surface area contributed by atoms with Crippen molar-refractivity contribution in [2.45, 2.75) is 25.4 Å². The number of urea groups is 1. The number of aliphatic carboxylic acids is 1. The summed E-state index contributed by atoms with van der Waals surface area (Å²) in [6.07, 6.45) is 0.906. The average Bonchev–Trinajstić information content (AvgIpc) is 2.93. The summed E-state index contributed by atoms with van der Waals surface area (Å²) in [5.41, 5.74) is 0. The molecular weight excluding hydrogens is 226 g/mol. The van der Waals surface area contributed by atoms with Crippen molar-refractivity contribution in [3.63, 3.8) is 0 Å². The zero-order valence-electron chi connectivity index (χ0n) is 9.47. The molecule has 0 radical (unpaired) electrons. The fraction of sp³-hybridized carbons (Fsp3) is 0.700. The van der Waals surface area contributed by atoms with E-state index in [4.69, 9.17) is 5.11 Å². The fourth-order valence-electron chi connectivity index (χ4n) is 1.84. The minimum Gasteiger partial charge on any atom is -0.480 e. The minimum absolute atomic E-state index is 0.0399. The van der Waals surface area contributed by atoms with Gasteiger partial charge in [0.15, 0.2) is 0 Å². The molecule has 1 saturated carbocycles. The van der Waals surface area contributed by atoms with Crippen molar-refractivity contribution in [3.8, 4) is 0 Å². The molecule has 3 atom stereocenters. The van der Waals surface area contributed by atoms with Crippen molar-refractivity contribution in [2.75, 3.05) is 13.1 Å². The lowest BCUT2D eigenvalue weighted by atomic mass is 10.2. The summed E-state index contributed by atoms with van der Waals surface area (Å²) in [5, 5.41) is 14.1. The monoisotopic (exact) mass is 241 g/mol. The number of nitrogens with zero attached hydrogens (tertiary/aromatic N) is 1. The zero-order chi connectivity index (χ0) is 12.6. The van der Waals surface area contributed by atoms with Gasteiger partial charge < -0.3 is 15.7 Å². The molecule has 1 saturated heterocycles. The highest BCUT2D eigenvalue weighted by atomic mass is 16.4. The van der Waals surface area contributed by atoms with E-state index in [0.717, 1.165) is 11.3 Å². The summed E-state index contributed by atoms with van der Waals surface area (Å²) in [6, 6.07) is -1.34. The quantitative estimate of drug-likeness (QED) is 0.577. The highest BCUT2D eigenvalue weighted by molar-refractivity contribution is 5.90. The van der Waals surface area contributed by atoms with E-state index in [1.807, 2.05) is 6.92 Å². The third-order valence-corrected chi connectivity index (χ3v) is 3.15. The largest absolute Gasteiger partial charge is 0.480 e. The Morgan fingerprint density at radius 1 is 1.53 bits per heavy atom. The van der Waals surface area contributed by atoms with Crippen molar-refractivity contribution in [1.29, 1.82) is 0 Å². The van der Waals surface area contributed by atoms with Gasteiger partial charge >= 0.3 is 12.0 Å². The summed E-state index contributed by atoms with van der Waals surface area (Å²) >= 11 is 0. The van der Waals surface area contributed by atoms with E-state index in [2.05, 4.69) is 10.6 Å². The maximum absolute atomic E-state index is 11.8. The second-order valence-electron chi connectivity index (χ2n) is 4.55. The molecule has 2 aliphatic rings. The van der Waals surface area contributed by atoms with Crippen LogP contribution in [0.3, 0.4) is 0 Å². The van der Waals surface area contributed by atoms with E-state index in [1.165, 1.54) is 0 Å². The van der Waals surface area contributed by atoms with Crippen LogP contribution in [0.2, 0.25) is 0 Å². The number of carboxylic acid groups (broad SMARTS) is 1. The van der Waals surface area contributed by atoms with Gasteiger partial charge in [-0.2, -0.15) is 0 Å². The van der Waals surface area contributed by atoms with E-state index in [9.17, 15) is 14.4 Å². The molecule has 0 aromatic heterocycles. The lowest BCUT2D eigenvalue weighted by Crippen LogP contribution is -2.61. The lowest BCUT2D eigenvalue weighted by molar-refractivity contribution is -0.144. The van der Waals surface area contributed by atoms with Crippen LogP contribution in [0.5, 0.6) is 0 Å². The molecule has 7 heteroatoms. The molecule has 0 bridgehead atoms. The van der Waals surface area contributed by atoms with Gasteiger partial charge in [0.05, 0.1) is 0 Å². The van der Waals surface area contributed by atoms with Crippen LogP contribution in [0.1, 0.15) is 13.3 Å². The summed E-state index contributed by atoms with van der Waals surface area (Å²) < 4.78 is 0. The number of piperazine rings is 1. The van der Waals surface area contributed by atoms with Gasteiger partial charge in [0.25, 0.3) is 0 Å². The van der Waals surface area contributed by atoms with Gasteiger partial charge in [0.1, 0.15) is 12.6 Å². The SMILES string of the molecule is CC1CC1NC(=O)N1CC(=O)NCC1C(=O)O. The van der Waals surface area contributed by atoms with Crippen molar-refractivity contribution in [2.24, 2.45) is 5.92 Å². The van der Waals surface area contributed by atoms with Crippen LogP contribution in [-0.4, -0.2) is 53.1 Å². The first-order valence-electron chi connectivity index (χ1n) is 5.55. The molecule has 2 rings (SSSR count). The maximum atomic E-state index is 11.8. The summed E-state index contributed by atoms with van der Waals surface area (Å²) in [7, 11) is 0. The normalized spacial score (nSPS) is 31.7. The Kier molecular flexibility index (Phi) is 2.91. The molecule has 1 aliphatic carbocycles. The predicted molar refractivity (Wildman–Crippen MR) is 57.2 cm³/mol. The molecule has 2 fully saturated rings. The first-order valence-corrected chi connectivity index (χ1v) is 5.55. The third kappa shape index (κ3) is 2.48. The van der Waals surface area contributed by atoms with Crippen molar-refractivity contribution in [1.82, 2.24) is 15.5 Å². The molecule has 0 spiro atoms. The number of nitrogens with one attached hydrogen (secondary N) is 2. The second-order valence-corrected chi connectivity index (χ2v) is 4.55. The first kappa shape index (κ1) is 11.7. The molecule has 1 heterocycles. The van der Waals surface area contributed by atoms with Gasteiger partial charge in [-0.3, -0.25) is 9.69 Å². The van der Waals surface area contributed by atoms with E-state index >= 15 is 0 Å². The Hall–Kier alpha value is -1.79. The molecule has 7 nitrogen and oxygen atoms in total. The Morgan fingerprint density at radius 2 is 2.18 bits per heavy atom. The number of amides is 3. The number of carbonyl (C=O) groups is 3. The van der Waals surface area contributed by atoms with Crippen LogP contribution in [0, 0.1) is 5.92 Å². The van der Waals surface area contributed by atoms with Gasteiger partial charge in [-0.1, -0.05) is 6.92 Å².